The van der Waals surface area contributed by atoms with E-state index in [1.165, 1.54) is 0 Å². The van der Waals surface area contributed by atoms with E-state index >= 15 is 0 Å². The first-order valence-corrected chi connectivity index (χ1v) is 4.59. The Morgan fingerprint density at radius 2 is 2.50 bits per heavy atom. The van der Waals surface area contributed by atoms with Gasteiger partial charge in [0.05, 0.1) is 6.04 Å². The summed E-state index contributed by atoms with van der Waals surface area (Å²) in [6.07, 6.45) is 4.32. The van der Waals surface area contributed by atoms with Crippen LogP contribution in [0, 0.1) is 6.92 Å². The number of nitrogens with one attached hydrogen (secondary N) is 1. The van der Waals surface area contributed by atoms with Crippen LogP contribution in [0.4, 0.5) is 0 Å². The van der Waals surface area contributed by atoms with Crippen molar-refractivity contribution in [3.05, 3.63) is 18.2 Å². The minimum absolute atomic E-state index is 0.267. The van der Waals surface area contributed by atoms with Gasteiger partial charge in [0.2, 0.25) is 5.91 Å². The summed E-state index contributed by atoms with van der Waals surface area (Å²) in [5.74, 6) is 0.634. The van der Waals surface area contributed by atoms with E-state index in [0.29, 0.717) is 6.42 Å². The predicted molar refractivity (Wildman–Crippen MR) is 53.6 cm³/mol. The molecule has 3 N–H and O–H groups in total. The molecule has 0 fully saturated rings. The van der Waals surface area contributed by atoms with Gasteiger partial charge in [0, 0.05) is 18.9 Å². The maximum atomic E-state index is 10.9. The van der Waals surface area contributed by atoms with Gasteiger partial charge in [0.25, 0.3) is 0 Å². The number of amides is 1. The molecule has 0 aliphatic carbocycles. The highest BCUT2D eigenvalue weighted by Crippen LogP contribution is 1.99. The lowest BCUT2D eigenvalue weighted by molar-refractivity contribution is -0.120. The number of hydrogen-bond acceptors (Lipinski definition) is 3. The van der Waals surface area contributed by atoms with Crippen LogP contribution >= 0.6 is 0 Å². The number of aryl methyl sites for hydroxylation is 2. The zero-order valence-corrected chi connectivity index (χ0v) is 8.53. The molecule has 0 radical (unpaired) electrons. The second kappa shape index (κ2) is 4.76. The van der Waals surface area contributed by atoms with Gasteiger partial charge in [-0.15, -0.1) is 0 Å². The molecular weight excluding hydrogens is 180 g/mol. The number of nitrogens with zero attached hydrogens (tertiary/aromatic N) is 2. The Hall–Kier alpha value is -1.36. The van der Waals surface area contributed by atoms with Crippen molar-refractivity contribution < 1.29 is 4.79 Å². The van der Waals surface area contributed by atoms with E-state index < -0.39 is 0 Å². The predicted octanol–water partition coefficient (Wildman–Crippen LogP) is -0.345. The molecule has 5 nitrogen and oxygen atoms in total. The Bertz CT molecular complexity index is 308. The van der Waals surface area contributed by atoms with Crippen LogP contribution in [0.1, 0.15) is 12.2 Å². The van der Waals surface area contributed by atoms with E-state index in [1.807, 2.05) is 17.7 Å². The number of hydrogen-bond donors (Lipinski definition) is 2. The van der Waals surface area contributed by atoms with Crippen molar-refractivity contribution in [2.75, 3.05) is 7.05 Å². The van der Waals surface area contributed by atoms with Crippen LogP contribution < -0.4 is 11.1 Å². The van der Waals surface area contributed by atoms with Gasteiger partial charge in [0.1, 0.15) is 5.82 Å². The Morgan fingerprint density at radius 1 is 1.79 bits per heavy atom. The van der Waals surface area contributed by atoms with Crippen molar-refractivity contribution in [1.29, 1.82) is 0 Å². The van der Waals surface area contributed by atoms with Crippen LogP contribution in [0.15, 0.2) is 12.4 Å². The first-order valence-electron chi connectivity index (χ1n) is 4.59. The van der Waals surface area contributed by atoms with Crippen LogP contribution in [0.2, 0.25) is 0 Å². The van der Waals surface area contributed by atoms with Crippen LogP contribution in [-0.2, 0) is 11.3 Å². The molecule has 78 valence electrons. The fraction of sp³-hybridized carbons (Fsp3) is 0.556. The largest absolute Gasteiger partial charge is 0.368 e. The van der Waals surface area contributed by atoms with Crippen molar-refractivity contribution in [3.8, 4) is 0 Å². The maximum absolute atomic E-state index is 10.9. The Morgan fingerprint density at radius 3 is 2.93 bits per heavy atom. The van der Waals surface area contributed by atoms with Gasteiger partial charge in [-0.2, -0.15) is 0 Å². The van der Waals surface area contributed by atoms with Crippen molar-refractivity contribution in [3.63, 3.8) is 0 Å². The van der Waals surface area contributed by atoms with E-state index in [4.69, 9.17) is 5.73 Å². The molecule has 1 amide bonds. The van der Waals surface area contributed by atoms with Gasteiger partial charge in [-0.3, -0.25) is 4.79 Å². The molecule has 1 aromatic heterocycles. The number of primary amides is 1. The number of carbonyl (C=O) groups is 1. The molecule has 0 spiro atoms. The molecule has 1 heterocycles. The minimum Gasteiger partial charge on any atom is -0.368 e. The van der Waals surface area contributed by atoms with E-state index in [1.54, 1.807) is 13.2 Å². The van der Waals surface area contributed by atoms with E-state index in [0.717, 1.165) is 12.4 Å². The quantitative estimate of drug-likeness (QED) is 0.676. The molecule has 0 bridgehead atoms. The maximum Gasteiger partial charge on any atom is 0.234 e. The summed E-state index contributed by atoms with van der Waals surface area (Å²) in [4.78, 5) is 15.0. The number of imidazole rings is 1. The highest BCUT2D eigenvalue weighted by molar-refractivity contribution is 5.79. The lowest BCUT2D eigenvalue weighted by Gasteiger charge is -2.12. The fourth-order valence-corrected chi connectivity index (χ4v) is 1.34. The summed E-state index contributed by atoms with van der Waals surface area (Å²) in [6.45, 7) is 2.68. The highest BCUT2D eigenvalue weighted by Gasteiger charge is 2.12. The van der Waals surface area contributed by atoms with Crippen LogP contribution in [0.3, 0.4) is 0 Å². The van der Waals surface area contributed by atoms with Gasteiger partial charge in [-0.25, -0.2) is 4.98 Å². The molecule has 0 saturated carbocycles. The minimum atomic E-state index is -0.315. The van der Waals surface area contributed by atoms with Crippen LogP contribution in [0.25, 0.3) is 0 Å². The Labute approximate surface area is 83.3 Å². The summed E-state index contributed by atoms with van der Waals surface area (Å²) < 4.78 is 1.99. The first-order chi connectivity index (χ1) is 6.65. The number of nitrogens with two attached hydrogens (primary N) is 1. The topological polar surface area (TPSA) is 72.9 Å². The summed E-state index contributed by atoms with van der Waals surface area (Å²) >= 11 is 0. The van der Waals surface area contributed by atoms with E-state index in [2.05, 4.69) is 10.3 Å². The van der Waals surface area contributed by atoms with Gasteiger partial charge in [0.15, 0.2) is 0 Å². The zero-order chi connectivity index (χ0) is 10.6. The molecular formula is C9H16N4O. The molecule has 1 aromatic rings. The van der Waals surface area contributed by atoms with E-state index in [9.17, 15) is 4.79 Å². The van der Waals surface area contributed by atoms with Crippen molar-refractivity contribution in [2.24, 2.45) is 5.73 Å². The van der Waals surface area contributed by atoms with Gasteiger partial charge >= 0.3 is 0 Å². The summed E-state index contributed by atoms with van der Waals surface area (Å²) in [7, 11) is 1.73. The number of carbonyl (C=O) groups excluding carboxylic acids is 1. The molecule has 0 aliphatic heterocycles. The summed E-state index contributed by atoms with van der Waals surface area (Å²) in [5, 5.41) is 2.88. The zero-order valence-electron chi connectivity index (χ0n) is 8.53. The smallest absolute Gasteiger partial charge is 0.234 e. The molecule has 1 unspecified atom stereocenters. The van der Waals surface area contributed by atoms with E-state index in [-0.39, 0.29) is 11.9 Å². The molecule has 1 rings (SSSR count). The molecule has 0 aromatic carbocycles. The monoisotopic (exact) mass is 196 g/mol. The summed E-state index contributed by atoms with van der Waals surface area (Å²) in [5.41, 5.74) is 5.20. The number of rotatable bonds is 5. The molecule has 0 aliphatic rings. The van der Waals surface area contributed by atoms with Gasteiger partial charge in [-0.1, -0.05) is 0 Å². The number of likely N-dealkylation sites (N-methyl/N-ethyl adjacent to an activating group) is 1. The number of aromatic nitrogens is 2. The molecule has 0 saturated heterocycles. The Balaban J connectivity index is 2.47. The van der Waals surface area contributed by atoms with Crippen molar-refractivity contribution >= 4 is 5.91 Å². The van der Waals surface area contributed by atoms with Crippen molar-refractivity contribution in [2.45, 2.75) is 25.9 Å². The fourth-order valence-electron chi connectivity index (χ4n) is 1.34. The second-order valence-electron chi connectivity index (χ2n) is 3.20. The molecule has 5 heteroatoms. The average Bonchev–Trinajstić information content (AvgIpc) is 2.52. The third-order valence-electron chi connectivity index (χ3n) is 2.27. The normalized spacial score (nSPS) is 12.7. The highest BCUT2D eigenvalue weighted by atomic mass is 16.1. The van der Waals surface area contributed by atoms with Crippen molar-refractivity contribution in [1.82, 2.24) is 14.9 Å². The molecule has 14 heavy (non-hydrogen) atoms. The van der Waals surface area contributed by atoms with Gasteiger partial charge < -0.3 is 15.6 Å². The first kappa shape index (κ1) is 10.7. The van der Waals surface area contributed by atoms with Crippen LogP contribution in [0.5, 0.6) is 0 Å². The third-order valence-corrected chi connectivity index (χ3v) is 2.27. The lowest BCUT2D eigenvalue weighted by Crippen LogP contribution is -2.39. The van der Waals surface area contributed by atoms with Crippen LogP contribution in [-0.4, -0.2) is 28.5 Å². The standard InChI is InChI=1S/C9H16N4O/c1-7-12-4-6-13(7)5-3-8(11-2)9(10)14/h4,6,8,11H,3,5H2,1-2H3,(H2,10,14). The SMILES string of the molecule is CNC(CCn1ccnc1C)C(N)=O. The summed E-state index contributed by atoms with van der Waals surface area (Å²) in [6, 6.07) is -0.267. The average molecular weight is 196 g/mol. The van der Waals surface area contributed by atoms with Gasteiger partial charge in [-0.05, 0) is 20.4 Å². The lowest BCUT2D eigenvalue weighted by atomic mass is 10.2. The third kappa shape index (κ3) is 2.56. The molecule has 1 atom stereocenters. The second-order valence-corrected chi connectivity index (χ2v) is 3.20. The Kier molecular flexibility index (Phi) is 3.64.